The number of carbonyl (C=O) groups excluding carboxylic acids is 2. The Morgan fingerprint density at radius 2 is 2.00 bits per heavy atom. The number of nitrogens with two attached hydrogens (primary N) is 2. The second-order valence-corrected chi connectivity index (χ2v) is 7.27. The van der Waals surface area contributed by atoms with Crippen molar-refractivity contribution in [2.45, 2.75) is 51.4 Å². The van der Waals surface area contributed by atoms with E-state index in [0.717, 1.165) is 27.6 Å². The highest BCUT2D eigenvalue weighted by Gasteiger charge is 2.23. The molecule has 0 bridgehead atoms. The van der Waals surface area contributed by atoms with Crippen LogP contribution in [0.1, 0.15) is 66.7 Å². The molecule has 128 valence electrons. The summed E-state index contributed by atoms with van der Waals surface area (Å²) < 4.78 is 0.848. The van der Waals surface area contributed by atoms with Crippen LogP contribution in [0.15, 0.2) is 12.1 Å². The number of aromatic nitrogens is 1. The fourth-order valence-corrected chi connectivity index (χ4v) is 4.38. The van der Waals surface area contributed by atoms with E-state index in [0.29, 0.717) is 22.7 Å². The highest BCUT2D eigenvalue weighted by molar-refractivity contribution is 7.18. The Morgan fingerprint density at radius 3 is 2.62 bits per heavy atom. The van der Waals surface area contributed by atoms with E-state index in [-0.39, 0.29) is 12.3 Å². The lowest BCUT2D eigenvalue weighted by atomic mass is 9.90. The van der Waals surface area contributed by atoms with E-state index in [2.05, 4.69) is 0 Å². The number of carbonyl (C=O) groups is 2. The summed E-state index contributed by atoms with van der Waals surface area (Å²) in [6.45, 7) is 1.74. The third-order valence-corrected chi connectivity index (χ3v) is 5.73. The molecule has 1 aliphatic rings. The summed E-state index contributed by atoms with van der Waals surface area (Å²) in [4.78, 5) is 28.4. The molecule has 0 unspecified atom stereocenters. The lowest BCUT2D eigenvalue weighted by molar-refractivity contribution is -0.118. The number of nitrogens with zero attached hydrogens (tertiary/aromatic N) is 2. The summed E-state index contributed by atoms with van der Waals surface area (Å²) in [5.74, 6) is 5.65. The van der Waals surface area contributed by atoms with Crippen molar-refractivity contribution >= 4 is 39.1 Å². The van der Waals surface area contributed by atoms with Gasteiger partial charge >= 0.3 is 0 Å². The van der Waals surface area contributed by atoms with Crippen LogP contribution in [0.3, 0.4) is 0 Å². The van der Waals surface area contributed by atoms with Gasteiger partial charge in [-0.3, -0.25) is 9.59 Å². The number of benzene rings is 1. The Balaban J connectivity index is 2.11. The zero-order valence-corrected chi connectivity index (χ0v) is 14.6. The fraction of sp³-hybridized carbons (Fsp3) is 0.471. The largest absolute Gasteiger partial charge is 0.366 e. The van der Waals surface area contributed by atoms with Gasteiger partial charge in [-0.1, -0.05) is 26.2 Å². The Hall–Kier alpha value is -1.99. The van der Waals surface area contributed by atoms with Crippen LogP contribution in [-0.4, -0.2) is 16.8 Å². The van der Waals surface area contributed by atoms with Crippen molar-refractivity contribution in [1.82, 2.24) is 4.98 Å². The van der Waals surface area contributed by atoms with Crippen molar-refractivity contribution in [3.63, 3.8) is 0 Å². The van der Waals surface area contributed by atoms with Gasteiger partial charge in [-0.05, 0) is 25.0 Å². The van der Waals surface area contributed by atoms with Crippen LogP contribution in [-0.2, 0) is 4.79 Å². The van der Waals surface area contributed by atoms with Gasteiger partial charge in [-0.15, -0.1) is 11.3 Å². The molecule has 1 fully saturated rings. The Morgan fingerprint density at radius 1 is 1.29 bits per heavy atom. The van der Waals surface area contributed by atoms with E-state index >= 15 is 0 Å². The summed E-state index contributed by atoms with van der Waals surface area (Å²) in [6, 6.07) is 3.30. The number of hydrazine groups is 1. The summed E-state index contributed by atoms with van der Waals surface area (Å²) >= 11 is 1.57. The lowest BCUT2D eigenvalue weighted by Gasteiger charge is -2.19. The first-order valence-corrected chi connectivity index (χ1v) is 9.14. The maximum absolute atomic E-state index is 12.0. The Labute approximate surface area is 144 Å². The number of thiazole rings is 1. The van der Waals surface area contributed by atoms with Gasteiger partial charge in [0, 0.05) is 17.9 Å². The van der Waals surface area contributed by atoms with Crippen LogP contribution in [0.5, 0.6) is 0 Å². The van der Waals surface area contributed by atoms with Gasteiger partial charge in [0.15, 0.2) is 0 Å². The summed E-state index contributed by atoms with van der Waals surface area (Å²) in [5, 5.41) is 2.14. The average molecular weight is 346 g/mol. The molecule has 1 aliphatic carbocycles. The molecule has 24 heavy (non-hydrogen) atoms. The quantitative estimate of drug-likeness (QED) is 0.504. The van der Waals surface area contributed by atoms with E-state index < -0.39 is 5.91 Å². The number of amides is 2. The number of rotatable bonds is 4. The maximum atomic E-state index is 12.0. The third-order valence-electron chi connectivity index (χ3n) is 4.56. The topological polar surface area (TPSA) is 102 Å². The molecule has 1 aromatic carbocycles. The zero-order valence-electron chi connectivity index (χ0n) is 13.7. The molecule has 0 aliphatic heterocycles. The van der Waals surface area contributed by atoms with Gasteiger partial charge < -0.3 is 5.73 Å². The molecule has 4 N–H and O–H groups in total. The molecule has 0 spiro atoms. The first kappa shape index (κ1) is 16.9. The second kappa shape index (κ2) is 6.86. The summed E-state index contributed by atoms with van der Waals surface area (Å²) in [5.41, 5.74) is 6.90. The van der Waals surface area contributed by atoms with E-state index in [9.17, 15) is 9.59 Å². The van der Waals surface area contributed by atoms with Gasteiger partial charge in [0.1, 0.15) is 5.52 Å². The van der Waals surface area contributed by atoms with Crippen LogP contribution >= 0.6 is 11.3 Å². The molecule has 7 heteroatoms. The van der Waals surface area contributed by atoms with Crippen LogP contribution in [0.2, 0.25) is 0 Å². The molecule has 2 amide bonds. The molecule has 0 radical (unpaired) electrons. The second-order valence-electron chi connectivity index (χ2n) is 6.21. The zero-order chi connectivity index (χ0) is 17.3. The average Bonchev–Trinajstić information content (AvgIpc) is 3.04. The van der Waals surface area contributed by atoms with Crippen molar-refractivity contribution in [2.24, 2.45) is 11.6 Å². The SMILES string of the molecule is CCC(=O)N(N)c1cc(C(N)=O)cc2sc(C3CCCCC3)nc12. The van der Waals surface area contributed by atoms with Gasteiger partial charge in [0.05, 0.1) is 15.4 Å². The fourth-order valence-electron chi connectivity index (χ4n) is 3.18. The summed E-state index contributed by atoms with van der Waals surface area (Å²) in [7, 11) is 0. The smallest absolute Gasteiger partial charge is 0.248 e. The molecule has 1 heterocycles. The van der Waals surface area contributed by atoms with Crippen LogP contribution < -0.4 is 16.6 Å². The number of fused-ring (bicyclic) bond motifs is 1. The van der Waals surface area contributed by atoms with Gasteiger partial charge in [0.2, 0.25) is 11.8 Å². The van der Waals surface area contributed by atoms with E-state index in [4.69, 9.17) is 16.6 Å². The number of hydrogen-bond donors (Lipinski definition) is 2. The third kappa shape index (κ3) is 3.14. The minimum atomic E-state index is -0.539. The van der Waals surface area contributed by atoms with Crippen molar-refractivity contribution in [1.29, 1.82) is 0 Å². The predicted molar refractivity (Wildman–Crippen MR) is 95.9 cm³/mol. The van der Waals surface area contributed by atoms with Gasteiger partial charge in [-0.25, -0.2) is 15.8 Å². The molecule has 0 atom stereocenters. The number of hydrogen-bond acceptors (Lipinski definition) is 5. The Kier molecular flexibility index (Phi) is 4.82. The normalized spacial score (nSPS) is 15.6. The molecule has 0 saturated heterocycles. The van der Waals surface area contributed by atoms with Crippen molar-refractivity contribution < 1.29 is 9.59 Å². The number of primary amides is 1. The van der Waals surface area contributed by atoms with Crippen molar-refractivity contribution in [3.8, 4) is 0 Å². The van der Waals surface area contributed by atoms with E-state index in [1.165, 1.54) is 19.3 Å². The molecule has 1 aromatic heterocycles. The summed E-state index contributed by atoms with van der Waals surface area (Å²) in [6.07, 6.45) is 6.27. The van der Waals surface area contributed by atoms with Crippen molar-refractivity contribution in [2.75, 3.05) is 5.01 Å². The standard InChI is InChI=1S/C17H22N4O2S/c1-2-14(22)21(19)12-8-11(16(18)23)9-13-15(12)20-17(24-13)10-6-4-3-5-7-10/h8-10H,2-7,19H2,1H3,(H2,18,23). The Bertz CT molecular complexity index is 780. The molecule has 1 saturated carbocycles. The van der Waals surface area contributed by atoms with E-state index in [1.807, 2.05) is 0 Å². The predicted octanol–water partition coefficient (Wildman–Crippen LogP) is 3.06. The van der Waals surface area contributed by atoms with Crippen LogP contribution in [0, 0.1) is 0 Å². The minimum Gasteiger partial charge on any atom is -0.366 e. The molecular formula is C17H22N4O2S. The monoisotopic (exact) mass is 346 g/mol. The van der Waals surface area contributed by atoms with Gasteiger partial charge in [-0.2, -0.15) is 0 Å². The van der Waals surface area contributed by atoms with Crippen LogP contribution in [0.25, 0.3) is 10.2 Å². The molecular weight excluding hydrogens is 324 g/mol. The molecule has 2 aromatic rings. The van der Waals surface area contributed by atoms with Gasteiger partial charge in [0.25, 0.3) is 0 Å². The first-order valence-electron chi connectivity index (χ1n) is 8.33. The van der Waals surface area contributed by atoms with E-state index in [1.54, 1.807) is 30.4 Å². The number of anilines is 1. The highest BCUT2D eigenvalue weighted by Crippen LogP contribution is 2.39. The maximum Gasteiger partial charge on any atom is 0.248 e. The first-order chi connectivity index (χ1) is 11.5. The molecule has 6 nitrogen and oxygen atoms in total. The minimum absolute atomic E-state index is 0.231. The highest BCUT2D eigenvalue weighted by atomic mass is 32.1. The molecule has 3 rings (SSSR count). The van der Waals surface area contributed by atoms with Crippen molar-refractivity contribution in [3.05, 3.63) is 22.7 Å². The lowest BCUT2D eigenvalue weighted by Crippen LogP contribution is -2.37. The van der Waals surface area contributed by atoms with Crippen LogP contribution in [0.4, 0.5) is 5.69 Å².